The molecule has 2 unspecified atom stereocenters. The fourth-order valence-corrected chi connectivity index (χ4v) is 3.23. The van der Waals surface area contributed by atoms with Crippen LogP contribution in [0, 0.1) is 11.8 Å². The second-order valence-corrected chi connectivity index (χ2v) is 6.51. The number of hydrogen-bond donors (Lipinski definition) is 1. The van der Waals surface area contributed by atoms with Gasteiger partial charge in [-0.25, -0.2) is 0 Å². The van der Waals surface area contributed by atoms with Crippen LogP contribution in [-0.2, 0) is 11.3 Å². The van der Waals surface area contributed by atoms with Crippen LogP contribution < -0.4 is 10.2 Å². The van der Waals surface area contributed by atoms with Gasteiger partial charge in [-0.1, -0.05) is 37.6 Å². The Morgan fingerprint density at radius 2 is 2.14 bits per heavy atom. The predicted octanol–water partition coefficient (Wildman–Crippen LogP) is 3.56. The Morgan fingerprint density at radius 3 is 2.86 bits per heavy atom. The number of anilines is 1. The number of benzene rings is 1. The number of nitrogens with zero attached hydrogens (tertiary/aromatic N) is 1. The highest BCUT2D eigenvalue weighted by molar-refractivity contribution is 6.33. The van der Waals surface area contributed by atoms with Crippen molar-refractivity contribution in [2.75, 3.05) is 38.3 Å². The highest BCUT2D eigenvalue weighted by Crippen LogP contribution is 2.34. The molecule has 0 bridgehead atoms. The summed E-state index contributed by atoms with van der Waals surface area (Å²) in [5.74, 6) is 1.51. The molecule has 1 aromatic carbocycles. The molecule has 1 heterocycles. The standard InChI is InChI=1S/C17H27ClN2O/c1-13-7-9-20(12-14(13)2)17-15(5-4-6-16(17)18)11-19-8-10-21-3/h4-6,13-14,19H,7-12H2,1-3H3. The van der Waals surface area contributed by atoms with Crippen LogP contribution in [0.3, 0.4) is 0 Å². The molecule has 3 nitrogen and oxygen atoms in total. The average molecular weight is 311 g/mol. The summed E-state index contributed by atoms with van der Waals surface area (Å²) in [5, 5.41) is 4.28. The highest BCUT2D eigenvalue weighted by Gasteiger charge is 2.25. The molecule has 0 radical (unpaired) electrons. The Hall–Kier alpha value is -0.770. The molecule has 1 fully saturated rings. The summed E-state index contributed by atoms with van der Waals surface area (Å²) in [4.78, 5) is 2.46. The Kier molecular flexibility index (Phi) is 6.34. The van der Waals surface area contributed by atoms with E-state index in [-0.39, 0.29) is 0 Å². The zero-order chi connectivity index (χ0) is 15.2. The molecule has 4 heteroatoms. The minimum Gasteiger partial charge on any atom is -0.383 e. The molecule has 0 aromatic heterocycles. The number of halogens is 1. The van der Waals surface area contributed by atoms with Crippen molar-refractivity contribution < 1.29 is 4.74 Å². The van der Waals surface area contributed by atoms with Crippen LogP contribution in [0.5, 0.6) is 0 Å². The summed E-state index contributed by atoms with van der Waals surface area (Å²) >= 11 is 6.49. The van der Waals surface area contributed by atoms with E-state index in [1.165, 1.54) is 17.7 Å². The number of ether oxygens (including phenoxy) is 1. The van der Waals surface area contributed by atoms with Crippen LogP contribution >= 0.6 is 11.6 Å². The molecule has 1 aliphatic heterocycles. The summed E-state index contributed by atoms with van der Waals surface area (Å²) in [7, 11) is 1.72. The molecule has 0 saturated carbocycles. The van der Waals surface area contributed by atoms with Gasteiger partial charge >= 0.3 is 0 Å². The molecule has 1 N–H and O–H groups in total. The average Bonchev–Trinajstić information content (AvgIpc) is 2.47. The molecule has 0 spiro atoms. The summed E-state index contributed by atoms with van der Waals surface area (Å²) in [6, 6.07) is 6.21. The zero-order valence-electron chi connectivity index (χ0n) is 13.4. The van der Waals surface area contributed by atoms with Gasteiger partial charge in [0.25, 0.3) is 0 Å². The fourth-order valence-electron chi connectivity index (χ4n) is 2.92. The van der Waals surface area contributed by atoms with Gasteiger partial charge in [0.1, 0.15) is 0 Å². The first-order chi connectivity index (χ1) is 10.1. The minimum absolute atomic E-state index is 0.712. The van der Waals surface area contributed by atoms with E-state index in [2.05, 4.69) is 30.1 Å². The second-order valence-electron chi connectivity index (χ2n) is 6.11. The third kappa shape index (κ3) is 4.35. The lowest BCUT2D eigenvalue weighted by Crippen LogP contribution is -2.39. The predicted molar refractivity (Wildman–Crippen MR) is 90.2 cm³/mol. The van der Waals surface area contributed by atoms with Gasteiger partial charge in [0.15, 0.2) is 0 Å². The number of hydrogen-bond acceptors (Lipinski definition) is 3. The molecule has 0 aliphatic carbocycles. The Labute approximate surface area is 133 Å². The largest absolute Gasteiger partial charge is 0.383 e. The molecule has 118 valence electrons. The van der Waals surface area contributed by atoms with Crippen LogP contribution in [0.25, 0.3) is 0 Å². The van der Waals surface area contributed by atoms with E-state index in [0.29, 0.717) is 5.92 Å². The van der Waals surface area contributed by atoms with Crippen molar-refractivity contribution in [1.82, 2.24) is 5.32 Å². The lowest BCUT2D eigenvalue weighted by atomic mass is 9.88. The van der Waals surface area contributed by atoms with E-state index >= 15 is 0 Å². The van der Waals surface area contributed by atoms with Gasteiger partial charge in [0, 0.05) is 33.3 Å². The molecular formula is C17H27ClN2O. The Bertz CT molecular complexity index is 452. The first-order valence-corrected chi connectivity index (χ1v) is 8.23. The van der Waals surface area contributed by atoms with E-state index in [0.717, 1.165) is 43.7 Å². The maximum absolute atomic E-state index is 6.49. The van der Waals surface area contributed by atoms with Crippen LogP contribution in [0.2, 0.25) is 5.02 Å². The Balaban J connectivity index is 2.10. The van der Waals surface area contributed by atoms with Gasteiger partial charge in [-0.15, -0.1) is 0 Å². The van der Waals surface area contributed by atoms with Crippen molar-refractivity contribution in [2.45, 2.75) is 26.8 Å². The third-order valence-electron chi connectivity index (χ3n) is 4.52. The molecule has 2 rings (SSSR count). The van der Waals surface area contributed by atoms with Crippen LogP contribution in [0.1, 0.15) is 25.8 Å². The van der Waals surface area contributed by atoms with Gasteiger partial charge in [-0.05, 0) is 29.9 Å². The van der Waals surface area contributed by atoms with E-state index in [4.69, 9.17) is 16.3 Å². The molecule has 2 atom stereocenters. The normalized spacial score (nSPS) is 22.6. The van der Waals surface area contributed by atoms with Crippen LogP contribution in [0.4, 0.5) is 5.69 Å². The molecular weight excluding hydrogens is 284 g/mol. The lowest BCUT2D eigenvalue weighted by molar-refractivity contribution is 0.199. The summed E-state index contributed by atoms with van der Waals surface area (Å²) in [6.07, 6.45) is 1.24. The fraction of sp³-hybridized carbons (Fsp3) is 0.647. The maximum Gasteiger partial charge on any atom is 0.0642 e. The van der Waals surface area contributed by atoms with E-state index in [1.54, 1.807) is 7.11 Å². The van der Waals surface area contributed by atoms with Gasteiger partial charge < -0.3 is 15.0 Å². The SMILES string of the molecule is COCCNCc1cccc(Cl)c1N1CCC(C)C(C)C1. The topological polar surface area (TPSA) is 24.5 Å². The molecule has 1 aliphatic rings. The van der Waals surface area contributed by atoms with E-state index < -0.39 is 0 Å². The molecule has 1 aromatic rings. The number of piperidine rings is 1. The number of methoxy groups -OCH3 is 1. The van der Waals surface area contributed by atoms with Crippen molar-refractivity contribution in [3.05, 3.63) is 28.8 Å². The number of para-hydroxylation sites is 1. The number of rotatable bonds is 6. The monoisotopic (exact) mass is 310 g/mol. The highest BCUT2D eigenvalue weighted by atomic mass is 35.5. The summed E-state index contributed by atoms with van der Waals surface area (Å²) < 4.78 is 5.08. The first-order valence-electron chi connectivity index (χ1n) is 7.85. The summed E-state index contributed by atoms with van der Waals surface area (Å²) in [6.45, 7) is 9.30. The van der Waals surface area contributed by atoms with Crippen LogP contribution in [-0.4, -0.2) is 33.4 Å². The molecule has 21 heavy (non-hydrogen) atoms. The minimum atomic E-state index is 0.712. The zero-order valence-corrected chi connectivity index (χ0v) is 14.1. The summed E-state index contributed by atoms with van der Waals surface area (Å²) in [5.41, 5.74) is 2.49. The van der Waals surface area contributed by atoms with Gasteiger partial charge in [-0.2, -0.15) is 0 Å². The van der Waals surface area contributed by atoms with E-state index in [1.807, 2.05) is 12.1 Å². The van der Waals surface area contributed by atoms with Crippen molar-refractivity contribution in [2.24, 2.45) is 11.8 Å². The van der Waals surface area contributed by atoms with Gasteiger partial charge in [0.05, 0.1) is 17.3 Å². The van der Waals surface area contributed by atoms with Crippen molar-refractivity contribution >= 4 is 17.3 Å². The van der Waals surface area contributed by atoms with Gasteiger partial charge in [0.2, 0.25) is 0 Å². The lowest BCUT2D eigenvalue weighted by Gasteiger charge is -2.38. The quantitative estimate of drug-likeness (QED) is 0.813. The smallest absolute Gasteiger partial charge is 0.0642 e. The Morgan fingerprint density at radius 1 is 1.33 bits per heavy atom. The second kappa shape index (κ2) is 8.02. The van der Waals surface area contributed by atoms with Gasteiger partial charge in [-0.3, -0.25) is 0 Å². The van der Waals surface area contributed by atoms with Crippen molar-refractivity contribution in [1.29, 1.82) is 0 Å². The van der Waals surface area contributed by atoms with Crippen molar-refractivity contribution in [3.63, 3.8) is 0 Å². The molecule has 1 saturated heterocycles. The third-order valence-corrected chi connectivity index (χ3v) is 4.82. The van der Waals surface area contributed by atoms with Crippen molar-refractivity contribution in [3.8, 4) is 0 Å². The first kappa shape index (κ1) is 16.6. The number of nitrogens with one attached hydrogen (secondary N) is 1. The molecule has 0 amide bonds. The maximum atomic E-state index is 6.49. The van der Waals surface area contributed by atoms with E-state index in [9.17, 15) is 0 Å². The van der Waals surface area contributed by atoms with Crippen LogP contribution in [0.15, 0.2) is 18.2 Å².